The van der Waals surface area contributed by atoms with Crippen LogP contribution in [0.25, 0.3) is 0 Å². The van der Waals surface area contributed by atoms with Crippen LogP contribution in [0.4, 0.5) is 17.2 Å². The quantitative estimate of drug-likeness (QED) is 0.776. The van der Waals surface area contributed by atoms with E-state index < -0.39 is 0 Å². The Morgan fingerprint density at radius 1 is 1.15 bits per heavy atom. The number of carbonyl (C=O) groups excluding carboxylic acids is 1. The van der Waals surface area contributed by atoms with E-state index in [0.29, 0.717) is 29.8 Å². The molecular weight excluding hydrogens is 338 g/mol. The van der Waals surface area contributed by atoms with Gasteiger partial charge in [0.2, 0.25) is 0 Å². The molecule has 0 atom stereocenters. The van der Waals surface area contributed by atoms with Gasteiger partial charge in [0.25, 0.3) is 5.91 Å². The molecule has 0 saturated carbocycles. The second-order valence-electron chi connectivity index (χ2n) is 7.49. The van der Waals surface area contributed by atoms with E-state index in [2.05, 4.69) is 51.5 Å². The third-order valence-corrected chi connectivity index (χ3v) is 4.69. The molecule has 27 heavy (non-hydrogen) atoms. The van der Waals surface area contributed by atoms with Crippen LogP contribution in [0.2, 0.25) is 0 Å². The van der Waals surface area contributed by atoms with E-state index in [1.165, 1.54) is 18.5 Å². The topological polar surface area (TPSA) is 70.2 Å². The summed E-state index contributed by atoms with van der Waals surface area (Å²) in [6.45, 7) is 8.99. The number of hydrogen-bond acceptors (Lipinski definition) is 5. The minimum atomic E-state index is -0.159. The smallest absolute Gasteiger partial charge is 0.270 e. The van der Waals surface area contributed by atoms with Gasteiger partial charge in [0.05, 0.1) is 0 Å². The van der Waals surface area contributed by atoms with Crippen molar-refractivity contribution in [2.24, 2.45) is 5.92 Å². The van der Waals surface area contributed by atoms with Crippen molar-refractivity contribution in [2.75, 3.05) is 29.9 Å². The molecule has 1 fully saturated rings. The Hall–Kier alpha value is -2.63. The van der Waals surface area contributed by atoms with Crippen LogP contribution in [-0.2, 0) is 0 Å². The summed E-state index contributed by atoms with van der Waals surface area (Å²) in [4.78, 5) is 23.4. The second kappa shape index (κ2) is 8.84. The Balaban J connectivity index is 1.66. The fourth-order valence-corrected chi connectivity index (χ4v) is 3.19. The van der Waals surface area contributed by atoms with E-state index in [0.717, 1.165) is 25.2 Å². The Morgan fingerprint density at radius 3 is 2.52 bits per heavy atom. The largest absolute Gasteiger partial charge is 0.372 e. The maximum atomic E-state index is 12.3. The molecule has 0 unspecified atom stereocenters. The van der Waals surface area contributed by atoms with Gasteiger partial charge >= 0.3 is 0 Å². The number of nitrogens with one attached hydrogen (secondary N) is 2. The minimum absolute atomic E-state index is 0.159. The first kappa shape index (κ1) is 19.1. The average Bonchev–Trinajstić information content (AvgIpc) is 3.16. The first-order valence-electron chi connectivity index (χ1n) is 9.77. The third-order valence-electron chi connectivity index (χ3n) is 4.69. The molecule has 0 spiro atoms. The predicted octanol–water partition coefficient (Wildman–Crippen LogP) is 3.90. The summed E-state index contributed by atoms with van der Waals surface area (Å²) in [7, 11) is 0. The lowest BCUT2D eigenvalue weighted by molar-refractivity contribution is 0.0946. The van der Waals surface area contributed by atoms with Crippen molar-refractivity contribution in [1.82, 2.24) is 15.3 Å². The zero-order valence-electron chi connectivity index (χ0n) is 16.5. The van der Waals surface area contributed by atoms with Crippen LogP contribution < -0.4 is 15.5 Å². The van der Waals surface area contributed by atoms with Crippen LogP contribution in [0.3, 0.4) is 0 Å². The molecular formula is C21H29N5O. The molecule has 0 bridgehead atoms. The van der Waals surface area contributed by atoms with Gasteiger partial charge in [-0.2, -0.15) is 0 Å². The Morgan fingerprint density at radius 2 is 1.85 bits per heavy atom. The number of aromatic nitrogens is 2. The fourth-order valence-electron chi connectivity index (χ4n) is 3.19. The van der Waals surface area contributed by atoms with E-state index >= 15 is 0 Å². The zero-order chi connectivity index (χ0) is 19.2. The van der Waals surface area contributed by atoms with Crippen molar-refractivity contribution >= 4 is 23.1 Å². The molecule has 2 N–H and O–H groups in total. The lowest BCUT2D eigenvalue weighted by Crippen LogP contribution is -2.26. The number of benzene rings is 1. The van der Waals surface area contributed by atoms with Gasteiger partial charge in [-0.3, -0.25) is 4.79 Å². The van der Waals surface area contributed by atoms with E-state index in [4.69, 9.17) is 0 Å². The van der Waals surface area contributed by atoms with Crippen molar-refractivity contribution in [3.8, 4) is 0 Å². The summed E-state index contributed by atoms with van der Waals surface area (Å²) < 4.78 is 0. The van der Waals surface area contributed by atoms with E-state index in [1.54, 1.807) is 13.0 Å². The second-order valence-corrected chi connectivity index (χ2v) is 7.49. The Bertz CT molecular complexity index is 767. The van der Waals surface area contributed by atoms with E-state index in [1.807, 2.05) is 12.1 Å². The summed E-state index contributed by atoms with van der Waals surface area (Å²) in [5.41, 5.74) is 2.59. The highest BCUT2D eigenvalue weighted by molar-refractivity contribution is 5.93. The lowest BCUT2D eigenvalue weighted by Gasteiger charge is -2.18. The van der Waals surface area contributed by atoms with Crippen molar-refractivity contribution in [3.05, 3.63) is 41.9 Å². The first-order chi connectivity index (χ1) is 13.0. The van der Waals surface area contributed by atoms with E-state index in [-0.39, 0.29) is 5.91 Å². The summed E-state index contributed by atoms with van der Waals surface area (Å²) in [5, 5.41) is 6.21. The van der Waals surface area contributed by atoms with Gasteiger partial charge in [0.1, 0.15) is 17.3 Å². The van der Waals surface area contributed by atoms with E-state index in [9.17, 15) is 4.79 Å². The predicted molar refractivity (Wildman–Crippen MR) is 110 cm³/mol. The van der Waals surface area contributed by atoms with Crippen molar-refractivity contribution in [3.63, 3.8) is 0 Å². The number of nitrogens with zero attached hydrogens (tertiary/aromatic N) is 3. The van der Waals surface area contributed by atoms with Gasteiger partial charge in [-0.25, -0.2) is 9.97 Å². The molecule has 3 rings (SSSR count). The number of hydrogen-bond donors (Lipinski definition) is 2. The molecule has 2 aromatic rings. The zero-order valence-corrected chi connectivity index (χ0v) is 16.5. The monoisotopic (exact) mass is 367 g/mol. The molecule has 1 aromatic heterocycles. The number of aryl methyl sites for hydroxylation is 1. The average molecular weight is 367 g/mol. The van der Waals surface area contributed by atoms with Crippen LogP contribution in [0.15, 0.2) is 30.3 Å². The van der Waals surface area contributed by atoms with Crippen molar-refractivity contribution < 1.29 is 4.79 Å². The van der Waals surface area contributed by atoms with Crippen LogP contribution in [0.5, 0.6) is 0 Å². The molecule has 0 aliphatic carbocycles. The van der Waals surface area contributed by atoms with Crippen LogP contribution in [-0.4, -0.2) is 35.5 Å². The molecule has 0 radical (unpaired) electrons. The first-order valence-corrected chi connectivity index (χ1v) is 9.77. The van der Waals surface area contributed by atoms with Crippen molar-refractivity contribution in [2.45, 2.75) is 40.0 Å². The van der Waals surface area contributed by atoms with Crippen LogP contribution in [0, 0.1) is 12.8 Å². The number of carbonyl (C=O) groups is 1. The highest BCUT2D eigenvalue weighted by atomic mass is 16.1. The standard InChI is InChI=1S/C21H29N5O/c1-15(2)10-11-22-21(27)19-14-20(24-16(3)23-19)25-17-6-8-18(9-7-17)26-12-4-5-13-26/h6-9,14-15H,4-5,10-13H2,1-3H3,(H,22,27)(H,23,24,25). The molecule has 1 saturated heterocycles. The fraction of sp³-hybridized carbons (Fsp3) is 0.476. The van der Waals surface area contributed by atoms with Gasteiger partial charge in [-0.05, 0) is 56.4 Å². The SMILES string of the molecule is Cc1nc(Nc2ccc(N3CCCC3)cc2)cc(C(=O)NCCC(C)C)n1. The third kappa shape index (κ3) is 5.42. The molecule has 1 aliphatic rings. The maximum absolute atomic E-state index is 12.3. The molecule has 2 heterocycles. The highest BCUT2D eigenvalue weighted by Gasteiger charge is 2.13. The van der Waals surface area contributed by atoms with Gasteiger partial charge < -0.3 is 15.5 Å². The number of anilines is 3. The lowest BCUT2D eigenvalue weighted by atomic mass is 10.1. The molecule has 6 heteroatoms. The molecule has 1 aromatic carbocycles. The summed E-state index contributed by atoms with van der Waals surface area (Å²) >= 11 is 0. The Labute approximate surface area is 161 Å². The van der Waals surface area contributed by atoms with Crippen LogP contribution in [0.1, 0.15) is 49.4 Å². The van der Waals surface area contributed by atoms with Gasteiger partial charge in [0, 0.05) is 37.1 Å². The number of amides is 1. The normalized spacial score (nSPS) is 13.9. The maximum Gasteiger partial charge on any atom is 0.270 e. The molecule has 144 valence electrons. The van der Waals surface area contributed by atoms with Gasteiger partial charge in [0.15, 0.2) is 0 Å². The van der Waals surface area contributed by atoms with Gasteiger partial charge in [-0.1, -0.05) is 13.8 Å². The summed E-state index contributed by atoms with van der Waals surface area (Å²) in [6, 6.07) is 10.1. The molecule has 1 aliphatic heterocycles. The van der Waals surface area contributed by atoms with Crippen molar-refractivity contribution in [1.29, 1.82) is 0 Å². The number of rotatable bonds is 7. The summed E-state index contributed by atoms with van der Waals surface area (Å²) in [5.74, 6) is 1.60. The molecule has 1 amide bonds. The highest BCUT2D eigenvalue weighted by Crippen LogP contribution is 2.23. The van der Waals surface area contributed by atoms with Crippen LogP contribution >= 0.6 is 0 Å². The van der Waals surface area contributed by atoms with Gasteiger partial charge in [-0.15, -0.1) is 0 Å². The molecule has 6 nitrogen and oxygen atoms in total. The Kier molecular flexibility index (Phi) is 6.27. The summed E-state index contributed by atoms with van der Waals surface area (Å²) in [6.07, 6.45) is 3.48. The minimum Gasteiger partial charge on any atom is -0.372 e.